The second-order valence-corrected chi connectivity index (χ2v) is 8.66. The summed E-state index contributed by atoms with van der Waals surface area (Å²) in [5.74, 6) is 0. The van der Waals surface area contributed by atoms with Crippen molar-refractivity contribution in [1.29, 1.82) is 0 Å². The fourth-order valence-corrected chi connectivity index (χ4v) is 5.97. The summed E-state index contributed by atoms with van der Waals surface area (Å²) in [5, 5.41) is 3.68. The third-order valence-electron chi connectivity index (χ3n) is 7.24. The van der Waals surface area contributed by atoms with E-state index in [9.17, 15) is 0 Å². The molecule has 0 amide bonds. The Morgan fingerprint density at radius 3 is 2.61 bits per heavy atom. The first-order valence-electron chi connectivity index (χ1n) is 10.8. The van der Waals surface area contributed by atoms with Crippen LogP contribution >= 0.6 is 0 Å². The van der Waals surface area contributed by atoms with Crippen molar-refractivity contribution in [1.82, 2.24) is 14.4 Å². The molecule has 0 bridgehead atoms. The molecule has 2 aliphatic carbocycles. The van der Waals surface area contributed by atoms with Gasteiger partial charge in [-0.05, 0) is 62.4 Å². The van der Waals surface area contributed by atoms with Crippen LogP contribution in [0.3, 0.4) is 0 Å². The van der Waals surface area contributed by atoms with Gasteiger partial charge in [0.2, 0.25) is 0 Å². The standard InChI is InChI=1S/C28H17N3/c1-2-4-18-16(3-1)13-17-5-6-19-20-7-8-21-24-15-29-10-9-25(24)31-12-11-30-28(31)27(21)23(20)14-22(19)26(17)18/h1-12,15H,13-14H2. The lowest BCUT2D eigenvalue weighted by Crippen LogP contribution is -1.94. The topological polar surface area (TPSA) is 30.2 Å². The van der Waals surface area contributed by atoms with Crippen LogP contribution in [0.4, 0.5) is 0 Å². The van der Waals surface area contributed by atoms with Gasteiger partial charge in [-0.2, -0.15) is 0 Å². The highest BCUT2D eigenvalue weighted by molar-refractivity contribution is 6.15. The van der Waals surface area contributed by atoms with Gasteiger partial charge in [0.15, 0.2) is 0 Å². The monoisotopic (exact) mass is 395 g/mol. The molecule has 3 aromatic heterocycles. The van der Waals surface area contributed by atoms with Gasteiger partial charge in [0.05, 0.1) is 5.52 Å². The van der Waals surface area contributed by atoms with Crippen molar-refractivity contribution in [3.8, 4) is 22.3 Å². The van der Waals surface area contributed by atoms with Gasteiger partial charge < -0.3 is 0 Å². The summed E-state index contributed by atoms with van der Waals surface area (Å²) in [7, 11) is 0. The van der Waals surface area contributed by atoms with Gasteiger partial charge in [-0.15, -0.1) is 0 Å². The zero-order valence-electron chi connectivity index (χ0n) is 16.8. The second-order valence-electron chi connectivity index (χ2n) is 8.66. The van der Waals surface area contributed by atoms with Crippen molar-refractivity contribution in [3.05, 3.63) is 102 Å². The molecule has 2 aliphatic rings. The minimum atomic E-state index is 0.952. The minimum Gasteiger partial charge on any atom is -0.299 e. The first-order chi connectivity index (χ1) is 15.4. The van der Waals surface area contributed by atoms with Crippen molar-refractivity contribution in [3.63, 3.8) is 0 Å². The summed E-state index contributed by atoms with van der Waals surface area (Å²) < 4.78 is 2.21. The van der Waals surface area contributed by atoms with E-state index in [-0.39, 0.29) is 0 Å². The molecule has 6 aromatic rings. The molecule has 3 heteroatoms. The van der Waals surface area contributed by atoms with E-state index in [0.29, 0.717) is 0 Å². The molecule has 8 rings (SSSR count). The number of rotatable bonds is 0. The maximum atomic E-state index is 4.79. The molecule has 3 nitrogen and oxygen atoms in total. The summed E-state index contributed by atoms with van der Waals surface area (Å²) in [4.78, 5) is 9.21. The van der Waals surface area contributed by atoms with Crippen molar-refractivity contribution in [2.45, 2.75) is 12.8 Å². The number of benzene rings is 3. The number of nitrogens with zero attached hydrogens (tertiary/aromatic N) is 3. The second kappa shape index (κ2) is 5.38. The Balaban J connectivity index is 1.49. The zero-order chi connectivity index (χ0) is 20.1. The van der Waals surface area contributed by atoms with Gasteiger partial charge >= 0.3 is 0 Å². The molecule has 0 unspecified atom stereocenters. The number of aromatic nitrogens is 3. The fraction of sp³-hybridized carbons (Fsp3) is 0.0714. The summed E-state index contributed by atoms with van der Waals surface area (Å²) >= 11 is 0. The molecular formula is C28H17N3. The van der Waals surface area contributed by atoms with Gasteiger partial charge in [-0.25, -0.2) is 4.98 Å². The molecule has 0 saturated heterocycles. The van der Waals surface area contributed by atoms with Crippen LogP contribution in [0.5, 0.6) is 0 Å². The van der Waals surface area contributed by atoms with E-state index in [1.807, 2.05) is 18.6 Å². The normalized spacial score (nSPS) is 13.5. The lowest BCUT2D eigenvalue weighted by Gasteiger charge is -2.11. The van der Waals surface area contributed by atoms with E-state index in [4.69, 9.17) is 4.98 Å². The van der Waals surface area contributed by atoms with Crippen molar-refractivity contribution >= 4 is 27.3 Å². The van der Waals surface area contributed by atoms with Crippen LogP contribution in [0.1, 0.15) is 22.3 Å². The van der Waals surface area contributed by atoms with Crippen molar-refractivity contribution in [2.24, 2.45) is 0 Å². The SMILES string of the molecule is c1ccc2c(c1)Cc1ccc3c(c1-2)Cc1c-3ccc2c3cnccc3n3ccnc3c12. The zero-order valence-corrected chi connectivity index (χ0v) is 16.8. The van der Waals surface area contributed by atoms with Gasteiger partial charge in [-0.3, -0.25) is 9.38 Å². The highest BCUT2D eigenvalue weighted by atomic mass is 15.0. The maximum absolute atomic E-state index is 4.79. The Hall–Kier alpha value is -3.98. The number of pyridine rings is 2. The average molecular weight is 395 g/mol. The van der Waals surface area contributed by atoms with Crippen LogP contribution in [0.2, 0.25) is 0 Å². The molecule has 3 aromatic carbocycles. The van der Waals surface area contributed by atoms with Gasteiger partial charge in [0.25, 0.3) is 0 Å². The minimum absolute atomic E-state index is 0.952. The Kier molecular flexibility index (Phi) is 2.74. The molecule has 0 radical (unpaired) electrons. The van der Waals surface area contributed by atoms with Crippen LogP contribution in [0.25, 0.3) is 49.6 Å². The average Bonchev–Trinajstić information content (AvgIpc) is 3.53. The van der Waals surface area contributed by atoms with Crippen LogP contribution in [0.15, 0.2) is 79.4 Å². The van der Waals surface area contributed by atoms with Crippen LogP contribution in [-0.2, 0) is 12.8 Å². The summed E-state index contributed by atoms with van der Waals surface area (Å²) in [5.41, 5.74) is 13.6. The maximum Gasteiger partial charge on any atom is 0.145 e. The lowest BCUT2D eigenvalue weighted by atomic mass is 9.95. The van der Waals surface area contributed by atoms with E-state index in [1.165, 1.54) is 60.7 Å². The largest absolute Gasteiger partial charge is 0.299 e. The molecule has 0 spiro atoms. The molecule has 0 saturated carbocycles. The third kappa shape index (κ3) is 1.85. The Morgan fingerprint density at radius 1 is 0.710 bits per heavy atom. The fourth-order valence-electron chi connectivity index (χ4n) is 5.97. The van der Waals surface area contributed by atoms with Crippen molar-refractivity contribution < 1.29 is 0 Å². The number of fused-ring (bicyclic) bond motifs is 14. The predicted molar refractivity (Wildman–Crippen MR) is 124 cm³/mol. The highest BCUT2D eigenvalue weighted by Crippen LogP contribution is 2.49. The van der Waals surface area contributed by atoms with E-state index < -0.39 is 0 Å². The van der Waals surface area contributed by atoms with E-state index in [0.717, 1.165) is 24.0 Å². The molecule has 0 fully saturated rings. The highest BCUT2D eigenvalue weighted by Gasteiger charge is 2.30. The third-order valence-corrected chi connectivity index (χ3v) is 7.24. The van der Waals surface area contributed by atoms with E-state index >= 15 is 0 Å². The first-order valence-corrected chi connectivity index (χ1v) is 10.8. The quantitative estimate of drug-likeness (QED) is 0.287. The molecule has 31 heavy (non-hydrogen) atoms. The Bertz CT molecular complexity index is 1740. The van der Waals surface area contributed by atoms with Crippen LogP contribution < -0.4 is 0 Å². The molecule has 3 heterocycles. The molecular weight excluding hydrogens is 378 g/mol. The number of hydrogen-bond acceptors (Lipinski definition) is 2. The molecule has 0 N–H and O–H groups in total. The summed E-state index contributed by atoms with van der Waals surface area (Å²) in [6, 6.07) is 20.2. The molecule has 0 aliphatic heterocycles. The lowest BCUT2D eigenvalue weighted by molar-refractivity contribution is 1.23. The van der Waals surface area contributed by atoms with E-state index in [1.54, 1.807) is 0 Å². The van der Waals surface area contributed by atoms with Crippen molar-refractivity contribution in [2.75, 3.05) is 0 Å². The molecule has 144 valence electrons. The summed E-state index contributed by atoms with van der Waals surface area (Å²) in [6.45, 7) is 0. The number of hydrogen-bond donors (Lipinski definition) is 0. The van der Waals surface area contributed by atoms with Gasteiger partial charge in [-0.1, -0.05) is 48.5 Å². The smallest absolute Gasteiger partial charge is 0.145 e. The Morgan fingerprint density at radius 2 is 1.61 bits per heavy atom. The van der Waals surface area contributed by atoms with Crippen LogP contribution in [-0.4, -0.2) is 14.4 Å². The predicted octanol–water partition coefficient (Wildman–Crippen LogP) is 6.18. The summed E-state index contributed by atoms with van der Waals surface area (Å²) in [6.07, 6.45) is 9.80. The van der Waals surface area contributed by atoms with Gasteiger partial charge in [0, 0.05) is 42.0 Å². The Labute approximate surface area is 178 Å². The van der Waals surface area contributed by atoms with Crippen LogP contribution in [0, 0.1) is 0 Å². The van der Waals surface area contributed by atoms with Gasteiger partial charge in [0.1, 0.15) is 5.65 Å². The number of imidazole rings is 1. The van der Waals surface area contributed by atoms with E-state index in [2.05, 4.69) is 70.2 Å². The first kappa shape index (κ1) is 15.8. The molecule has 0 atom stereocenters.